The van der Waals surface area contributed by atoms with Crippen molar-refractivity contribution in [2.24, 2.45) is 0 Å². The summed E-state index contributed by atoms with van der Waals surface area (Å²) in [6, 6.07) is 6.01. The van der Waals surface area contributed by atoms with Crippen molar-refractivity contribution in [2.75, 3.05) is 7.11 Å². The van der Waals surface area contributed by atoms with Crippen LogP contribution < -0.4 is 4.74 Å². The van der Waals surface area contributed by atoms with Crippen molar-refractivity contribution in [1.82, 2.24) is 9.97 Å². The molecule has 2 aromatic rings. The van der Waals surface area contributed by atoms with Crippen molar-refractivity contribution in [1.29, 1.82) is 0 Å². The molecule has 1 aromatic heterocycles. The Morgan fingerprint density at radius 2 is 1.80 bits per heavy atom. The van der Waals surface area contributed by atoms with E-state index in [0.29, 0.717) is 0 Å². The van der Waals surface area contributed by atoms with Gasteiger partial charge in [0.05, 0.1) is 7.11 Å². The zero-order valence-electron chi connectivity index (χ0n) is 12.0. The third-order valence-electron chi connectivity index (χ3n) is 3.21. The van der Waals surface area contributed by atoms with Gasteiger partial charge in [-0.3, -0.25) is 0 Å². The summed E-state index contributed by atoms with van der Waals surface area (Å²) < 4.78 is 6.43. The number of nitrogens with zero attached hydrogens (tertiary/aromatic N) is 2. The van der Waals surface area contributed by atoms with Crippen molar-refractivity contribution in [3.8, 4) is 5.75 Å². The van der Waals surface area contributed by atoms with Crippen LogP contribution in [0.2, 0.25) is 0 Å². The maximum Gasteiger partial charge on any atom is 0.188 e. The fourth-order valence-electron chi connectivity index (χ4n) is 1.81. The number of hydrogen-bond donors (Lipinski definition) is 0. The number of ether oxygens (including phenoxy) is 1. The zero-order chi connectivity index (χ0) is 14.7. The predicted molar refractivity (Wildman–Crippen MR) is 86.5 cm³/mol. The van der Waals surface area contributed by atoms with E-state index in [1.54, 1.807) is 18.9 Å². The Hall–Kier alpha value is -1.07. The summed E-state index contributed by atoms with van der Waals surface area (Å²) in [7, 11) is 1.69. The number of benzene rings is 1. The van der Waals surface area contributed by atoms with Crippen LogP contribution in [-0.2, 0) is 5.75 Å². The van der Waals surface area contributed by atoms with Crippen molar-refractivity contribution >= 4 is 27.7 Å². The van der Waals surface area contributed by atoms with Crippen LogP contribution in [0.1, 0.15) is 22.5 Å². The van der Waals surface area contributed by atoms with Crippen molar-refractivity contribution in [2.45, 2.75) is 31.7 Å². The smallest absolute Gasteiger partial charge is 0.188 e. The zero-order valence-corrected chi connectivity index (χ0v) is 14.4. The highest BCUT2D eigenvalue weighted by atomic mass is 79.9. The molecule has 0 N–H and O–H groups in total. The minimum absolute atomic E-state index is 0.782. The van der Waals surface area contributed by atoms with Gasteiger partial charge in [0.2, 0.25) is 0 Å². The number of hydrogen-bond acceptors (Lipinski definition) is 4. The van der Waals surface area contributed by atoms with E-state index in [1.807, 2.05) is 26.0 Å². The van der Waals surface area contributed by atoms with Crippen molar-refractivity contribution in [3.63, 3.8) is 0 Å². The summed E-state index contributed by atoms with van der Waals surface area (Å²) in [6.45, 7) is 6.10. The molecule has 106 valence electrons. The molecule has 5 heteroatoms. The fourth-order valence-corrected chi connectivity index (χ4v) is 3.13. The van der Waals surface area contributed by atoms with Crippen LogP contribution in [0.25, 0.3) is 0 Å². The van der Waals surface area contributed by atoms with E-state index in [2.05, 4.69) is 38.9 Å². The van der Waals surface area contributed by atoms with Crippen LogP contribution >= 0.6 is 27.7 Å². The lowest BCUT2D eigenvalue weighted by Crippen LogP contribution is -1.98. The summed E-state index contributed by atoms with van der Waals surface area (Å²) in [5, 5.41) is 0.813. The van der Waals surface area contributed by atoms with E-state index in [-0.39, 0.29) is 0 Å². The lowest BCUT2D eigenvalue weighted by atomic mass is 10.2. The second-order valence-corrected chi connectivity index (χ2v) is 6.41. The van der Waals surface area contributed by atoms with Crippen LogP contribution in [0.15, 0.2) is 27.8 Å². The van der Waals surface area contributed by atoms with Crippen molar-refractivity contribution in [3.05, 3.63) is 45.2 Å². The largest absolute Gasteiger partial charge is 0.496 e. The Labute approximate surface area is 132 Å². The first-order chi connectivity index (χ1) is 9.51. The Kier molecular flexibility index (Phi) is 5.05. The highest BCUT2D eigenvalue weighted by molar-refractivity contribution is 9.10. The van der Waals surface area contributed by atoms with Gasteiger partial charge in [-0.25, -0.2) is 9.97 Å². The van der Waals surface area contributed by atoms with Gasteiger partial charge in [-0.05, 0) is 44.5 Å². The standard InChI is InChI=1S/C15H17BrN2OS/c1-9-10(2)17-15(18-11(9)3)20-8-12-7-13(16)5-6-14(12)19-4/h5-7H,8H2,1-4H3. The number of aromatic nitrogens is 2. The average molecular weight is 353 g/mol. The van der Waals surface area contributed by atoms with Crippen LogP contribution in [0.4, 0.5) is 0 Å². The molecule has 0 aliphatic heterocycles. The van der Waals surface area contributed by atoms with Gasteiger partial charge in [0.25, 0.3) is 0 Å². The minimum atomic E-state index is 0.782. The molecular formula is C15H17BrN2OS. The first-order valence-electron chi connectivity index (χ1n) is 6.28. The van der Waals surface area contributed by atoms with Gasteiger partial charge in [0.15, 0.2) is 5.16 Å². The second-order valence-electron chi connectivity index (χ2n) is 4.55. The first-order valence-corrected chi connectivity index (χ1v) is 8.06. The molecule has 0 radical (unpaired) electrons. The van der Waals surface area contributed by atoms with Crippen LogP contribution in [-0.4, -0.2) is 17.1 Å². The van der Waals surface area contributed by atoms with Gasteiger partial charge in [-0.2, -0.15) is 0 Å². The highest BCUT2D eigenvalue weighted by Gasteiger charge is 2.08. The molecule has 3 nitrogen and oxygen atoms in total. The molecule has 20 heavy (non-hydrogen) atoms. The predicted octanol–water partition coefficient (Wildman–Crippen LogP) is 4.47. The average Bonchev–Trinajstić information content (AvgIpc) is 2.42. The van der Waals surface area contributed by atoms with Gasteiger partial charge in [0, 0.05) is 27.2 Å². The molecule has 0 unspecified atom stereocenters. The topological polar surface area (TPSA) is 35.0 Å². The lowest BCUT2D eigenvalue weighted by Gasteiger charge is -2.10. The molecule has 0 fully saturated rings. The molecule has 0 saturated heterocycles. The number of rotatable bonds is 4. The first kappa shape index (κ1) is 15.3. The Balaban J connectivity index is 2.18. The van der Waals surface area contributed by atoms with E-state index in [1.165, 1.54) is 0 Å². The van der Waals surface area contributed by atoms with Crippen molar-refractivity contribution < 1.29 is 4.74 Å². The number of halogens is 1. The summed E-state index contributed by atoms with van der Waals surface area (Å²) in [4.78, 5) is 9.05. The monoisotopic (exact) mass is 352 g/mol. The molecule has 1 aromatic carbocycles. The normalized spacial score (nSPS) is 10.7. The van der Waals surface area contributed by atoms with E-state index in [9.17, 15) is 0 Å². The molecule has 0 saturated carbocycles. The quantitative estimate of drug-likeness (QED) is 0.600. The van der Waals surface area contributed by atoms with Gasteiger partial charge >= 0.3 is 0 Å². The van der Waals surface area contributed by atoms with Gasteiger partial charge in [-0.15, -0.1) is 0 Å². The summed E-state index contributed by atoms with van der Waals surface area (Å²) in [5.74, 6) is 1.67. The molecule has 0 bridgehead atoms. The van der Waals surface area contributed by atoms with E-state index < -0.39 is 0 Å². The Bertz CT molecular complexity index is 608. The third-order valence-corrected chi connectivity index (χ3v) is 4.60. The molecule has 1 heterocycles. The summed E-state index contributed by atoms with van der Waals surface area (Å²) in [6.07, 6.45) is 0. The van der Waals surface area contributed by atoms with E-state index in [0.717, 1.165) is 43.6 Å². The molecule has 0 aliphatic rings. The molecule has 2 rings (SSSR count). The maximum atomic E-state index is 5.38. The summed E-state index contributed by atoms with van der Waals surface area (Å²) >= 11 is 5.11. The number of thioether (sulfide) groups is 1. The maximum absolute atomic E-state index is 5.38. The molecule has 0 spiro atoms. The van der Waals surface area contributed by atoms with E-state index in [4.69, 9.17) is 4.74 Å². The fraction of sp³-hybridized carbons (Fsp3) is 0.333. The third kappa shape index (κ3) is 3.52. The van der Waals surface area contributed by atoms with Gasteiger partial charge in [-0.1, -0.05) is 27.7 Å². The Morgan fingerprint density at radius 1 is 1.15 bits per heavy atom. The molecule has 0 amide bonds. The van der Waals surface area contributed by atoms with Gasteiger partial charge < -0.3 is 4.74 Å². The molecular weight excluding hydrogens is 336 g/mol. The lowest BCUT2D eigenvalue weighted by molar-refractivity contribution is 0.411. The second kappa shape index (κ2) is 6.59. The number of aryl methyl sites for hydroxylation is 2. The SMILES string of the molecule is COc1ccc(Br)cc1CSc1nc(C)c(C)c(C)n1. The number of methoxy groups -OCH3 is 1. The highest BCUT2D eigenvalue weighted by Crippen LogP contribution is 2.29. The van der Waals surface area contributed by atoms with Gasteiger partial charge in [0.1, 0.15) is 5.75 Å². The van der Waals surface area contributed by atoms with Crippen LogP contribution in [0, 0.1) is 20.8 Å². The summed E-state index contributed by atoms with van der Waals surface area (Å²) in [5.41, 5.74) is 4.38. The van der Waals surface area contributed by atoms with Crippen LogP contribution in [0.3, 0.4) is 0 Å². The Morgan fingerprint density at radius 3 is 2.40 bits per heavy atom. The van der Waals surface area contributed by atoms with Crippen LogP contribution in [0.5, 0.6) is 5.75 Å². The molecule has 0 aliphatic carbocycles. The minimum Gasteiger partial charge on any atom is -0.496 e. The van der Waals surface area contributed by atoms with E-state index >= 15 is 0 Å². The molecule has 0 atom stereocenters.